The lowest BCUT2D eigenvalue weighted by atomic mass is 9.84. The molecule has 0 bridgehead atoms. The van der Waals surface area contributed by atoms with Crippen LogP contribution in [0.5, 0.6) is 0 Å². The zero-order valence-corrected chi connectivity index (χ0v) is 9.24. The van der Waals surface area contributed by atoms with Crippen molar-refractivity contribution in [1.82, 2.24) is 5.06 Å². The highest BCUT2D eigenvalue weighted by Gasteiger charge is 2.57. The van der Waals surface area contributed by atoms with E-state index in [2.05, 4.69) is 6.58 Å². The quantitative estimate of drug-likeness (QED) is 0.417. The Morgan fingerprint density at radius 2 is 2.00 bits per heavy atom. The maximum absolute atomic E-state index is 11.9. The van der Waals surface area contributed by atoms with Crippen LogP contribution in [0.25, 0.3) is 0 Å². The molecule has 0 aromatic rings. The monoisotopic (exact) mass is 198 g/mol. The lowest BCUT2D eigenvalue weighted by Crippen LogP contribution is -2.53. The Hall–Kier alpha value is -1.03. The number of hydrogen-bond donors (Lipinski definition) is 1. The van der Waals surface area contributed by atoms with Crippen LogP contribution in [0.4, 0.5) is 0 Å². The van der Waals surface area contributed by atoms with Gasteiger partial charge in [-0.25, -0.2) is 5.21 Å². The molecule has 4 nitrogen and oxygen atoms in total. The van der Waals surface area contributed by atoms with Gasteiger partial charge in [0.25, 0.3) is 5.84 Å². The second-order valence-corrected chi connectivity index (χ2v) is 4.63. The van der Waals surface area contributed by atoms with E-state index in [4.69, 9.17) is 0 Å². The van der Waals surface area contributed by atoms with Crippen molar-refractivity contribution in [2.45, 2.75) is 45.2 Å². The van der Waals surface area contributed by atoms with E-state index in [1.807, 2.05) is 27.7 Å². The molecule has 0 atom stereocenters. The Kier molecular flexibility index (Phi) is 2.35. The van der Waals surface area contributed by atoms with Gasteiger partial charge in [-0.2, -0.15) is 0 Å². The van der Waals surface area contributed by atoms with Gasteiger partial charge < -0.3 is 5.21 Å². The molecular formula is C10H18N2O2. The largest absolute Gasteiger partial charge is 0.715 e. The molecule has 0 radical (unpaired) electrons. The van der Waals surface area contributed by atoms with Crippen LogP contribution in [-0.2, 0) is 0 Å². The highest BCUT2D eigenvalue weighted by molar-refractivity contribution is 5.80. The van der Waals surface area contributed by atoms with E-state index >= 15 is 0 Å². The Labute approximate surface area is 84.7 Å². The Balaban J connectivity index is 3.19. The summed E-state index contributed by atoms with van der Waals surface area (Å²) in [4.78, 5) is 0. The zero-order valence-electron chi connectivity index (χ0n) is 9.24. The van der Waals surface area contributed by atoms with E-state index in [1.165, 1.54) is 0 Å². The van der Waals surface area contributed by atoms with Gasteiger partial charge in [-0.15, -0.1) is 11.6 Å². The topological polar surface area (TPSA) is 49.5 Å². The third-order valence-corrected chi connectivity index (χ3v) is 3.34. The first-order valence-electron chi connectivity index (χ1n) is 4.70. The second-order valence-electron chi connectivity index (χ2n) is 4.63. The molecule has 4 heteroatoms. The minimum Gasteiger partial charge on any atom is -0.715 e. The molecule has 1 aliphatic rings. The summed E-state index contributed by atoms with van der Waals surface area (Å²) >= 11 is 0. The molecule has 0 aromatic carbocycles. The number of nitrogens with zero attached hydrogens (tertiary/aromatic N) is 2. The molecule has 0 fully saturated rings. The molecule has 0 aliphatic carbocycles. The molecule has 1 heterocycles. The fourth-order valence-corrected chi connectivity index (χ4v) is 1.54. The van der Waals surface area contributed by atoms with Crippen LogP contribution < -0.4 is 0 Å². The van der Waals surface area contributed by atoms with E-state index in [9.17, 15) is 10.4 Å². The summed E-state index contributed by atoms with van der Waals surface area (Å²) in [6, 6.07) is 0. The predicted octanol–water partition coefficient (Wildman–Crippen LogP) is 1.73. The molecular weight excluding hydrogens is 180 g/mol. The van der Waals surface area contributed by atoms with Gasteiger partial charge in [0.15, 0.2) is 5.54 Å². The maximum Gasteiger partial charge on any atom is 0.285 e. The molecule has 0 saturated carbocycles. The summed E-state index contributed by atoms with van der Waals surface area (Å²) in [5.74, 6) is 0.356. The minimum absolute atomic E-state index is 0.356. The third-order valence-electron chi connectivity index (χ3n) is 3.34. The third kappa shape index (κ3) is 1.14. The highest BCUT2D eigenvalue weighted by Crippen LogP contribution is 2.35. The van der Waals surface area contributed by atoms with Gasteiger partial charge in [0.1, 0.15) is 5.54 Å². The normalized spacial score (nSPS) is 24.2. The van der Waals surface area contributed by atoms with Crippen molar-refractivity contribution in [3.8, 4) is 0 Å². The van der Waals surface area contributed by atoms with Crippen molar-refractivity contribution in [2.24, 2.45) is 0 Å². The molecule has 14 heavy (non-hydrogen) atoms. The average molecular weight is 198 g/mol. The number of hydrogen-bond acceptors (Lipinski definition) is 3. The van der Waals surface area contributed by atoms with Crippen molar-refractivity contribution >= 4 is 5.84 Å². The van der Waals surface area contributed by atoms with E-state index < -0.39 is 11.1 Å². The van der Waals surface area contributed by atoms with Crippen LogP contribution in [-0.4, -0.2) is 31.9 Å². The van der Waals surface area contributed by atoms with Gasteiger partial charge in [0.2, 0.25) is 0 Å². The molecule has 80 valence electrons. The van der Waals surface area contributed by atoms with E-state index in [0.717, 1.165) is 9.80 Å². The molecule has 0 amide bonds. The molecule has 1 N–H and O–H groups in total. The fourth-order valence-electron chi connectivity index (χ4n) is 1.54. The van der Waals surface area contributed by atoms with E-state index in [0.29, 0.717) is 12.3 Å². The van der Waals surface area contributed by atoms with Gasteiger partial charge >= 0.3 is 0 Å². The second kappa shape index (κ2) is 2.98. The first kappa shape index (κ1) is 11.0. The van der Waals surface area contributed by atoms with Crippen molar-refractivity contribution in [2.75, 3.05) is 0 Å². The van der Waals surface area contributed by atoms with E-state index in [1.54, 1.807) is 6.08 Å². The van der Waals surface area contributed by atoms with Gasteiger partial charge in [-0.1, -0.05) is 6.08 Å². The van der Waals surface area contributed by atoms with Crippen LogP contribution in [0, 0.1) is 5.21 Å². The van der Waals surface area contributed by atoms with Crippen LogP contribution in [0.3, 0.4) is 0 Å². The molecule has 0 spiro atoms. The summed E-state index contributed by atoms with van der Waals surface area (Å²) in [6.07, 6.45) is 1.99. The first-order valence-corrected chi connectivity index (χ1v) is 4.70. The average Bonchev–Trinajstić information content (AvgIpc) is 2.19. The minimum atomic E-state index is -0.639. The number of rotatable bonds is 2. The van der Waals surface area contributed by atoms with Crippen LogP contribution in [0.2, 0.25) is 0 Å². The van der Waals surface area contributed by atoms with Crippen LogP contribution in [0.1, 0.15) is 34.1 Å². The zero-order chi connectivity index (χ0) is 11.1. The molecule has 0 saturated heterocycles. The van der Waals surface area contributed by atoms with Crippen molar-refractivity contribution in [3.05, 3.63) is 17.9 Å². The van der Waals surface area contributed by atoms with Gasteiger partial charge in [-0.05, 0) is 27.7 Å². The summed E-state index contributed by atoms with van der Waals surface area (Å²) in [7, 11) is 0. The summed E-state index contributed by atoms with van der Waals surface area (Å²) < 4.78 is 0.870. The van der Waals surface area contributed by atoms with Gasteiger partial charge in [-0.3, -0.25) is 4.74 Å². The highest BCUT2D eigenvalue weighted by atomic mass is 16.5. The first-order chi connectivity index (χ1) is 6.26. The predicted molar refractivity (Wildman–Crippen MR) is 55.2 cm³/mol. The SMILES string of the molecule is C=CCC1=[N+]([O-])C(C)(C)C(C)(C)N1O. The summed E-state index contributed by atoms with van der Waals surface area (Å²) in [6.45, 7) is 10.9. The number of hydroxylamine groups is 3. The summed E-state index contributed by atoms with van der Waals surface area (Å²) in [5, 5.41) is 22.8. The standard InChI is InChI=1S/C10H18N2O2/c1-6-7-8-11(13)9(2,3)10(4,5)12(8)14/h6,13H,1,7H2,2-5H3. The number of amidine groups is 1. The maximum atomic E-state index is 11.9. The Morgan fingerprint density at radius 3 is 2.29 bits per heavy atom. The smallest absolute Gasteiger partial charge is 0.285 e. The molecule has 1 rings (SSSR count). The van der Waals surface area contributed by atoms with Gasteiger partial charge in [0.05, 0.1) is 6.42 Å². The summed E-state index contributed by atoms with van der Waals surface area (Å²) in [5.41, 5.74) is -1.23. The fraction of sp³-hybridized carbons (Fsp3) is 0.700. The van der Waals surface area contributed by atoms with Crippen molar-refractivity contribution in [3.63, 3.8) is 0 Å². The molecule has 0 unspecified atom stereocenters. The lowest BCUT2D eigenvalue weighted by molar-refractivity contribution is -0.540. The van der Waals surface area contributed by atoms with E-state index in [-0.39, 0.29) is 0 Å². The molecule has 0 aromatic heterocycles. The van der Waals surface area contributed by atoms with Crippen molar-refractivity contribution < 1.29 is 9.95 Å². The lowest BCUT2D eigenvalue weighted by Gasteiger charge is -2.33. The molecule has 1 aliphatic heterocycles. The van der Waals surface area contributed by atoms with Crippen molar-refractivity contribution in [1.29, 1.82) is 0 Å². The van der Waals surface area contributed by atoms with Crippen LogP contribution in [0.15, 0.2) is 12.7 Å². The Morgan fingerprint density at radius 1 is 1.50 bits per heavy atom. The Bertz CT molecular complexity index is 292. The van der Waals surface area contributed by atoms with Crippen LogP contribution >= 0.6 is 0 Å². The van der Waals surface area contributed by atoms with Gasteiger partial charge in [0, 0.05) is 0 Å².